The van der Waals surface area contributed by atoms with Crippen molar-refractivity contribution in [3.8, 4) is 0 Å². The van der Waals surface area contributed by atoms with Crippen molar-refractivity contribution < 1.29 is 32.2 Å². The van der Waals surface area contributed by atoms with E-state index in [4.69, 9.17) is 15.0 Å². The molecule has 1 aliphatic rings. The Hall–Kier alpha value is -2.00. The normalized spacial score (nSPS) is 31.0. The van der Waals surface area contributed by atoms with E-state index in [1.165, 1.54) is 0 Å². The Morgan fingerprint density at radius 2 is 1.96 bits per heavy atom. The van der Waals surface area contributed by atoms with Gasteiger partial charge in [-0.3, -0.25) is 9.59 Å². The van der Waals surface area contributed by atoms with Crippen LogP contribution in [0.3, 0.4) is 0 Å². The standard InChI is InChI=1S/C12H17F3N4O4/c1-5-6(2)9(18-11(21)12(13,14)15)10(22-7(3)20)23-8(5)4-17-19-16/h5-6,8-10H,4H2,1-3H3,(H,18,21)/t5-,6-,8?,9?,10+/m0/s1. The van der Waals surface area contributed by atoms with Crippen molar-refractivity contribution in [1.29, 1.82) is 0 Å². The highest BCUT2D eigenvalue weighted by atomic mass is 19.4. The van der Waals surface area contributed by atoms with Crippen LogP contribution in [0.4, 0.5) is 13.2 Å². The third-order valence-electron chi connectivity index (χ3n) is 3.75. The van der Waals surface area contributed by atoms with Gasteiger partial charge in [-0.05, 0) is 17.4 Å². The molecule has 0 saturated carbocycles. The van der Waals surface area contributed by atoms with Crippen LogP contribution < -0.4 is 5.32 Å². The summed E-state index contributed by atoms with van der Waals surface area (Å²) in [5.41, 5.74) is 8.36. The van der Waals surface area contributed by atoms with Gasteiger partial charge < -0.3 is 14.8 Å². The van der Waals surface area contributed by atoms with E-state index < -0.39 is 42.4 Å². The van der Waals surface area contributed by atoms with Gasteiger partial charge in [0.25, 0.3) is 0 Å². The van der Waals surface area contributed by atoms with Crippen LogP contribution in [-0.4, -0.2) is 43.0 Å². The molecule has 1 heterocycles. The maximum atomic E-state index is 12.4. The third-order valence-corrected chi connectivity index (χ3v) is 3.75. The lowest BCUT2D eigenvalue weighted by molar-refractivity contribution is -0.232. The first-order valence-corrected chi connectivity index (χ1v) is 6.79. The van der Waals surface area contributed by atoms with Gasteiger partial charge in [-0.25, -0.2) is 0 Å². The fourth-order valence-corrected chi connectivity index (χ4v) is 2.32. The number of azide groups is 1. The first-order chi connectivity index (χ1) is 10.6. The number of nitrogens with zero attached hydrogens (tertiary/aromatic N) is 3. The molecule has 1 rings (SSSR count). The van der Waals surface area contributed by atoms with E-state index in [2.05, 4.69) is 10.0 Å². The summed E-state index contributed by atoms with van der Waals surface area (Å²) < 4.78 is 47.6. The molecule has 1 fully saturated rings. The molecule has 1 saturated heterocycles. The number of amides is 1. The Kier molecular flexibility index (Phi) is 6.22. The molecule has 23 heavy (non-hydrogen) atoms. The molecule has 0 spiro atoms. The number of carbonyl (C=O) groups excluding carboxylic acids is 2. The highest BCUT2D eigenvalue weighted by molar-refractivity contribution is 5.82. The predicted molar refractivity (Wildman–Crippen MR) is 70.8 cm³/mol. The number of esters is 1. The summed E-state index contributed by atoms with van der Waals surface area (Å²) in [4.78, 5) is 24.9. The minimum absolute atomic E-state index is 0.0697. The average Bonchev–Trinajstić information content (AvgIpc) is 2.43. The van der Waals surface area contributed by atoms with Crippen LogP contribution in [-0.2, 0) is 19.1 Å². The Labute approximate surface area is 129 Å². The van der Waals surface area contributed by atoms with Crippen LogP contribution in [0.25, 0.3) is 10.4 Å². The largest absolute Gasteiger partial charge is 0.471 e. The van der Waals surface area contributed by atoms with Gasteiger partial charge in [0.1, 0.15) is 0 Å². The van der Waals surface area contributed by atoms with E-state index in [-0.39, 0.29) is 12.5 Å². The molecule has 11 heteroatoms. The molecule has 0 bridgehead atoms. The second kappa shape index (κ2) is 7.51. The molecule has 0 aromatic heterocycles. The topological polar surface area (TPSA) is 113 Å². The van der Waals surface area contributed by atoms with E-state index in [0.29, 0.717) is 0 Å². The van der Waals surface area contributed by atoms with Crippen molar-refractivity contribution in [3.63, 3.8) is 0 Å². The van der Waals surface area contributed by atoms with Crippen LogP contribution in [0.5, 0.6) is 0 Å². The fourth-order valence-electron chi connectivity index (χ4n) is 2.32. The van der Waals surface area contributed by atoms with E-state index in [9.17, 15) is 22.8 Å². The Bertz CT molecular complexity index is 507. The summed E-state index contributed by atoms with van der Waals surface area (Å²) in [7, 11) is 0. The molecule has 0 aromatic carbocycles. The average molecular weight is 338 g/mol. The van der Waals surface area contributed by atoms with Crippen molar-refractivity contribution >= 4 is 11.9 Å². The van der Waals surface area contributed by atoms with E-state index in [1.54, 1.807) is 19.2 Å². The second-order valence-corrected chi connectivity index (χ2v) is 5.28. The number of halogens is 3. The molecule has 130 valence electrons. The van der Waals surface area contributed by atoms with E-state index >= 15 is 0 Å². The first kappa shape index (κ1) is 19.0. The molecule has 0 aliphatic carbocycles. The Balaban J connectivity index is 2.98. The van der Waals surface area contributed by atoms with Crippen molar-refractivity contribution in [3.05, 3.63) is 10.4 Å². The minimum atomic E-state index is -5.06. The molecule has 1 aliphatic heterocycles. The van der Waals surface area contributed by atoms with Crippen LogP contribution in [0, 0.1) is 11.8 Å². The smallest absolute Gasteiger partial charge is 0.434 e. The van der Waals surface area contributed by atoms with Crippen molar-refractivity contribution in [2.24, 2.45) is 17.0 Å². The van der Waals surface area contributed by atoms with Gasteiger partial charge in [-0.15, -0.1) is 0 Å². The molecular formula is C12H17F3N4O4. The number of alkyl halides is 3. The van der Waals surface area contributed by atoms with Crippen molar-refractivity contribution in [1.82, 2.24) is 5.32 Å². The van der Waals surface area contributed by atoms with Crippen molar-refractivity contribution in [2.45, 2.75) is 45.4 Å². The molecule has 1 amide bonds. The van der Waals surface area contributed by atoms with Crippen LogP contribution >= 0.6 is 0 Å². The van der Waals surface area contributed by atoms with Crippen LogP contribution in [0.15, 0.2) is 5.11 Å². The second-order valence-electron chi connectivity index (χ2n) is 5.28. The Morgan fingerprint density at radius 1 is 1.35 bits per heavy atom. The maximum absolute atomic E-state index is 12.4. The predicted octanol–water partition coefficient (Wildman–Crippen LogP) is 1.90. The molecule has 0 aromatic rings. The quantitative estimate of drug-likeness (QED) is 0.365. The van der Waals surface area contributed by atoms with Gasteiger partial charge in [0.15, 0.2) is 0 Å². The summed E-state index contributed by atoms with van der Waals surface area (Å²) >= 11 is 0. The summed E-state index contributed by atoms with van der Waals surface area (Å²) in [6.07, 6.45) is -7.11. The number of carbonyl (C=O) groups is 2. The zero-order valence-electron chi connectivity index (χ0n) is 12.7. The molecular weight excluding hydrogens is 321 g/mol. The number of hydrogen-bond donors (Lipinski definition) is 1. The minimum Gasteiger partial charge on any atom is -0.434 e. The lowest BCUT2D eigenvalue weighted by Gasteiger charge is -2.43. The summed E-state index contributed by atoms with van der Waals surface area (Å²) in [6, 6.07) is -1.18. The summed E-state index contributed by atoms with van der Waals surface area (Å²) in [5.74, 6) is -3.77. The number of nitrogens with one attached hydrogen (secondary N) is 1. The number of hydrogen-bond acceptors (Lipinski definition) is 5. The highest BCUT2D eigenvalue weighted by Crippen LogP contribution is 2.32. The van der Waals surface area contributed by atoms with Crippen molar-refractivity contribution in [2.75, 3.05) is 6.54 Å². The van der Waals surface area contributed by atoms with Crippen LogP contribution in [0.2, 0.25) is 0 Å². The molecule has 1 N–H and O–H groups in total. The molecule has 2 unspecified atom stereocenters. The van der Waals surface area contributed by atoms with E-state index in [1.807, 2.05) is 0 Å². The molecule has 5 atom stereocenters. The number of ether oxygens (including phenoxy) is 2. The maximum Gasteiger partial charge on any atom is 0.471 e. The first-order valence-electron chi connectivity index (χ1n) is 6.79. The number of rotatable bonds is 4. The SMILES string of the molecule is CC(=O)O[C@@H]1OC(CN=[N+]=[N-])[C@@H](C)[C@H](C)C1NC(=O)C(F)(F)F. The zero-order chi connectivity index (χ0) is 17.8. The van der Waals surface area contributed by atoms with Gasteiger partial charge in [0.05, 0.1) is 18.7 Å². The van der Waals surface area contributed by atoms with Gasteiger partial charge in [-0.2, -0.15) is 13.2 Å². The summed E-state index contributed by atoms with van der Waals surface area (Å²) in [5, 5.41) is 5.17. The molecule has 8 nitrogen and oxygen atoms in total. The van der Waals surface area contributed by atoms with Crippen LogP contribution in [0.1, 0.15) is 20.8 Å². The van der Waals surface area contributed by atoms with Gasteiger partial charge in [0.2, 0.25) is 6.29 Å². The lowest BCUT2D eigenvalue weighted by atomic mass is 9.82. The lowest BCUT2D eigenvalue weighted by Crippen LogP contribution is -2.60. The zero-order valence-corrected chi connectivity index (χ0v) is 12.7. The summed E-state index contributed by atoms with van der Waals surface area (Å²) in [6.45, 7) is 4.27. The highest BCUT2D eigenvalue weighted by Gasteiger charge is 2.47. The third kappa shape index (κ3) is 5.00. The Morgan fingerprint density at radius 3 is 2.43 bits per heavy atom. The van der Waals surface area contributed by atoms with Gasteiger partial charge >= 0.3 is 18.1 Å². The fraction of sp³-hybridized carbons (Fsp3) is 0.833. The van der Waals surface area contributed by atoms with Gasteiger partial charge in [0, 0.05) is 11.8 Å². The van der Waals surface area contributed by atoms with E-state index in [0.717, 1.165) is 6.92 Å². The molecule has 0 radical (unpaired) electrons. The van der Waals surface area contributed by atoms with Gasteiger partial charge in [-0.1, -0.05) is 19.0 Å². The monoisotopic (exact) mass is 338 g/mol.